The van der Waals surface area contributed by atoms with Gasteiger partial charge in [0.05, 0.1) is 12.8 Å². The SMILES string of the molecule is COc1ccc(C)cc1NC(=O)c1ncccc1F. The number of amides is 1. The Labute approximate surface area is 110 Å². The molecule has 0 radical (unpaired) electrons. The lowest BCUT2D eigenvalue weighted by Crippen LogP contribution is -2.16. The normalized spacial score (nSPS) is 10.1. The summed E-state index contributed by atoms with van der Waals surface area (Å²) in [5.74, 6) is -0.760. The summed E-state index contributed by atoms with van der Waals surface area (Å²) in [6, 6.07) is 7.96. The molecule has 0 unspecified atom stereocenters. The number of ether oxygens (including phenoxy) is 1. The van der Waals surface area contributed by atoms with Gasteiger partial charge in [0.1, 0.15) is 5.75 Å². The van der Waals surface area contributed by atoms with Gasteiger partial charge in [-0.25, -0.2) is 9.37 Å². The van der Waals surface area contributed by atoms with Crippen molar-refractivity contribution in [2.24, 2.45) is 0 Å². The van der Waals surface area contributed by atoms with Gasteiger partial charge in [0.15, 0.2) is 11.5 Å². The van der Waals surface area contributed by atoms with Crippen LogP contribution in [-0.4, -0.2) is 18.0 Å². The van der Waals surface area contributed by atoms with Gasteiger partial charge >= 0.3 is 0 Å². The monoisotopic (exact) mass is 260 g/mol. The molecular formula is C14H13FN2O2. The number of hydrogen-bond donors (Lipinski definition) is 1. The van der Waals surface area contributed by atoms with Crippen molar-refractivity contribution in [3.8, 4) is 5.75 Å². The fourth-order valence-corrected chi connectivity index (χ4v) is 1.65. The number of aromatic nitrogens is 1. The van der Waals surface area contributed by atoms with Crippen LogP contribution in [0, 0.1) is 12.7 Å². The van der Waals surface area contributed by atoms with Gasteiger partial charge in [-0.3, -0.25) is 4.79 Å². The average Bonchev–Trinajstić information content (AvgIpc) is 2.39. The van der Waals surface area contributed by atoms with Crippen LogP contribution in [-0.2, 0) is 0 Å². The first-order valence-corrected chi connectivity index (χ1v) is 5.68. The van der Waals surface area contributed by atoms with E-state index in [2.05, 4.69) is 10.3 Å². The molecule has 4 nitrogen and oxygen atoms in total. The predicted molar refractivity (Wildman–Crippen MR) is 69.9 cm³/mol. The Morgan fingerprint density at radius 1 is 1.37 bits per heavy atom. The summed E-state index contributed by atoms with van der Waals surface area (Å²) in [5.41, 5.74) is 1.20. The molecular weight excluding hydrogens is 247 g/mol. The van der Waals surface area contributed by atoms with Gasteiger partial charge in [-0.05, 0) is 36.8 Å². The van der Waals surface area contributed by atoms with Crippen LogP contribution in [0.4, 0.5) is 10.1 Å². The van der Waals surface area contributed by atoms with Crippen molar-refractivity contribution < 1.29 is 13.9 Å². The minimum Gasteiger partial charge on any atom is -0.495 e. The maximum atomic E-state index is 13.4. The third-order valence-corrected chi connectivity index (χ3v) is 2.58. The van der Waals surface area contributed by atoms with Crippen LogP contribution in [0.5, 0.6) is 5.75 Å². The lowest BCUT2D eigenvalue weighted by Gasteiger charge is -2.10. The van der Waals surface area contributed by atoms with Crippen molar-refractivity contribution in [3.63, 3.8) is 0 Å². The second-order valence-corrected chi connectivity index (χ2v) is 3.99. The molecule has 0 spiro atoms. The Kier molecular flexibility index (Phi) is 3.75. The number of carbonyl (C=O) groups is 1. The van der Waals surface area contributed by atoms with Crippen molar-refractivity contribution >= 4 is 11.6 Å². The molecule has 1 heterocycles. The quantitative estimate of drug-likeness (QED) is 0.923. The summed E-state index contributed by atoms with van der Waals surface area (Å²) in [4.78, 5) is 15.7. The molecule has 0 aliphatic carbocycles. The van der Waals surface area contributed by atoms with E-state index in [-0.39, 0.29) is 5.69 Å². The number of methoxy groups -OCH3 is 1. The number of halogens is 1. The molecule has 0 bridgehead atoms. The molecule has 0 saturated heterocycles. The first-order chi connectivity index (χ1) is 9.11. The first-order valence-electron chi connectivity index (χ1n) is 5.68. The number of nitrogens with zero attached hydrogens (tertiary/aromatic N) is 1. The van der Waals surface area contributed by atoms with Crippen LogP contribution in [0.3, 0.4) is 0 Å². The Bertz CT molecular complexity index is 614. The predicted octanol–water partition coefficient (Wildman–Crippen LogP) is 2.79. The van der Waals surface area contributed by atoms with E-state index < -0.39 is 11.7 Å². The Hall–Kier alpha value is -2.43. The molecule has 0 atom stereocenters. The van der Waals surface area contributed by atoms with E-state index in [0.717, 1.165) is 5.56 Å². The highest BCUT2D eigenvalue weighted by molar-refractivity contribution is 6.03. The second-order valence-electron chi connectivity index (χ2n) is 3.99. The molecule has 1 amide bonds. The van der Waals surface area contributed by atoms with E-state index in [1.54, 1.807) is 12.1 Å². The van der Waals surface area contributed by atoms with Crippen LogP contribution in [0.1, 0.15) is 16.1 Å². The minimum atomic E-state index is -0.661. The zero-order chi connectivity index (χ0) is 13.8. The number of aryl methyl sites for hydroxylation is 1. The minimum absolute atomic E-state index is 0.244. The summed E-state index contributed by atoms with van der Waals surface area (Å²) in [6.07, 6.45) is 1.37. The maximum Gasteiger partial charge on any atom is 0.277 e. The largest absolute Gasteiger partial charge is 0.495 e. The van der Waals surface area contributed by atoms with Crippen LogP contribution >= 0.6 is 0 Å². The lowest BCUT2D eigenvalue weighted by atomic mass is 10.2. The number of benzene rings is 1. The van der Waals surface area contributed by atoms with Gasteiger partial charge in [0, 0.05) is 6.20 Å². The molecule has 5 heteroatoms. The van der Waals surface area contributed by atoms with E-state index in [1.165, 1.54) is 25.4 Å². The number of hydrogen-bond acceptors (Lipinski definition) is 3. The lowest BCUT2D eigenvalue weighted by molar-refractivity contribution is 0.101. The molecule has 2 aromatic rings. The van der Waals surface area contributed by atoms with Gasteiger partial charge in [0.25, 0.3) is 5.91 Å². The van der Waals surface area contributed by atoms with Gasteiger partial charge in [-0.1, -0.05) is 6.07 Å². The molecule has 1 aromatic carbocycles. The number of pyridine rings is 1. The smallest absolute Gasteiger partial charge is 0.277 e. The van der Waals surface area contributed by atoms with Crippen LogP contribution in [0.25, 0.3) is 0 Å². The van der Waals surface area contributed by atoms with Crippen LogP contribution in [0.2, 0.25) is 0 Å². The number of anilines is 1. The van der Waals surface area contributed by atoms with Gasteiger partial charge in [-0.2, -0.15) is 0 Å². The van der Waals surface area contributed by atoms with Crippen molar-refractivity contribution in [1.82, 2.24) is 4.98 Å². The van der Waals surface area contributed by atoms with E-state index in [4.69, 9.17) is 4.74 Å². The highest BCUT2D eigenvalue weighted by Gasteiger charge is 2.14. The molecule has 2 rings (SSSR count). The van der Waals surface area contributed by atoms with E-state index >= 15 is 0 Å². The Morgan fingerprint density at radius 3 is 2.84 bits per heavy atom. The maximum absolute atomic E-state index is 13.4. The standard InChI is InChI=1S/C14H13FN2O2/c1-9-5-6-12(19-2)11(8-9)17-14(18)13-10(15)4-3-7-16-13/h3-8H,1-2H3,(H,17,18). The third kappa shape index (κ3) is 2.88. The Balaban J connectivity index is 2.29. The molecule has 0 aliphatic rings. The first kappa shape index (κ1) is 13.0. The molecule has 19 heavy (non-hydrogen) atoms. The van der Waals surface area contributed by atoms with Crippen molar-refractivity contribution in [3.05, 3.63) is 53.6 Å². The molecule has 0 saturated carbocycles. The summed E-state index contributed by atoms with van der Waals surface area (Å²) < 4.78 is 18.6. The highest BCUT2D eigenvalue weighted by atomic mass is 19.1. The molecule has 1 N–H and O–H groups in total. The van der Waals surface area contributed by atoms with Gasteiger partial charge < -0.3 is 10.1 Å². The van der Waals surface area contributed by atoms with Crippen molar-refractivity contribution in [2.45, 2.75) is 6.92 Å². The van der Waals surface area contributed by atoms with E-state index in [9.17, 15) is 9.18 Å². The van der Waals surface area contributed by atoms with Crippen LogP contribution in [0.15, 0.2) is 36.5 Å². The van der Waals surface area contributed by atoms with E-state index in [1.807, 2.05) is 13.0 Å². The highest BCUT2D eigenvalue weighted by Crippen LogP contribution is 2.25. The zero-order valence-corrected chi connectivity index (χ0v) is 10.6. The fraction of sp³-hybridized carbons (Fsp3) is 0.143. The number of rotatable bonds is 3. The van der Waals surface area contributed by atoms with Crippen molar-refractivity contribution in [2.75, 3.05) is 12.4 Å². The van der Waals surface area contributed by atoms with E-state index in [0.29, 0.717) is 11.4 Å². The third-order valence-electron chi connectivity index (χ3n) is 2.58. The topological polar surface area (TPSA) is 51.2 Å². The van der Waals surface area contributed by atoms with Crippen LogP contribution < -0.4 is 10.1 Å². The summed E-state index contributed by atoms with van der Waals surface area (Å²) in [7, 11) is 1.50. The Morgan fingerprint density at radius 2 is 2.16 bits per heavy atom. The van der Waals surface area contributed by atoms with Gasteiger partial charge in [0.2, 0.25) is 0 Å². The molecule has 1 aromatic heterocycles. The molecule has 98 valence electrons. The summed E-state index contributed by atoms with van der Waals surface area (Å²) in [6.45, 7) is 1.89. The molecule has 0 fully saturated rings. The zero-order valence-electron chi connectivity index (χ0n) is 10.6. The number of carbonyl (C=O) groups excluding carboxylic acids is 1. The molecule has 0 aliphatic heterocycles. The number of nitrogens with one attached hydrogen (secondary N) is 1. The van der Waals surface area contributed by atoms with Gasteiger partial charge in [-0.15, -0.1) is 0 Å². The van der Waals surface area contributed by atoms with Crippen molar-refractivity contribution in [1.29, 1.82) is 0 Å². The summed E-state index contributed by atoms with van der Waals surface area (Å²) >= 11 is 0. The summed E-state index contributed by atoms with van der Waals surface area (Å²) in [5, 5.41) is 2.59. The second kappa shape index (κ2) is 5.48. The fourth-order valence-electron chi connectivity index (χ4n) is 1.65. The average molecular weight is 260 g/mol.